The molecule has 0 bridgehead atoms. The summed E-state index contributed by atoms with van der Waals surface area (Å²) in [6, 6.07) is 8.17. The average molecular weight is 501 g/mol. The Balaban J connectivity index is 2.53. The van der Waals surface area contributed by atoms with Gasteiger partial charge in [0.2, 0.25) is 0 Å². The number of aliphatic imine (C=N–C) groups is 1. The topological polar surface area (TPSA) is 65.0 Å². The lowest BCUT2D eigenvalue weighted by molar-refractivity contribution is -0.140. The minimum atomic E-state index is -0.464. The van der Waals surface area contributed by atoms with E-state index in [1.54, 1.807) is 58.0 Å². The molecular formula is C21H20BrCl2NO4. The summed E-state index contributed by atoms with van der Waals surface area (Å²) in [5, 5.41) is 0.863. The van der Waals surface area contributed by atoms with Crippen molar-refractivity contribution in [2.75, 3.05) is 0 Å². The number of halogens is 3. The molecule has 0 atom stereocenters. The summed E-state index contributed by atoms with van der Waals surface area (Å²) in [6.45, 7) is 6.85. The molecule has 0 aliphatic heterocycles. The first-order valence-corrected chi connectivity index (χ1v) is 10.4. The van der Waals surface area contributed by atoms with E-state index >= 15 is 0 Å². The number of hydrogen-bond donors (Lipinski definition) is 0. The van der Waals surface area contributed by atoms with Crippen LogP contribution in [0, 0.1) is 11.8 Å². The van der Waals surface area contributed by atoms with Crippen molar-refractivity contribution in [2.45, 2.75) is 27.7 Å². The Hall–Kier alpha value is -1.89. The van der Waals surface area contributed by atoms with Crippen LogP contribution < -0.4 is 9.47 Å². The molecule has 0 saturated carbocycles. The molecule has 2 aromatic rings. The minimum Gasteiger partial charge on any atom is -0.422 e. The first kappa shape index (κ1) is 23.4. The summed E-state index contributed by atoms with van der Waals surface area (Å²) in [4.78, 5) is 28.7. The van der Waals surface area contributed by atoms with Crippen molar-refractivity contribution in [1.29, 1.82) is 0 Å². The van der Waals surface area contributed by atoms with Crippen LogP contribution in [-0.2, 0) is 9.59 Å². The van der Waals surface area contributed by atoms with Gasteiger partial charge in [-0.15, -0.1) is 0 Å². The van der Waals surface area contributed by atoms with Crippen LogP contribution in [0.5, 0.6) is 11.5 Å². The molecule has 0 saturated heterocycles. The highest BCUT2D eigenvalue weighted by Crippen LogP contribution is 2.36. The second-order valence-corrected chi connectivity index (χ2v) is 8.59. The number of carbonyl (C=O) groups excluding carboxylic acids is 2. The molecule has 0 amide bonds. The molecule has 0 N–H and O–H groups in total. The number of esters is 2. The molecule has 2 rings (SSSR count). The fourth-order valence-corrected chi connectivity index (χ4v) is 2.95. The highest BCUT2D eigenvalue weighted by atomic mass is 79.9. The van der Waals surface area contributed by atoms with E-state index in [0.717, 1.165) is 0 Å². The van der Waals surface area contributed by atoms with Gasteiger partial charge >= 0.3 is 11.9 Å². The molecular weight excluding hydrogens is 481 g/mol. The zero-order chi connectivity index (χ0) is 21.7. The third-order valence-electron chi connectivity index (χ3n) is 3.66. The third-order valence-corrected chi connectivity index (χ3v) is 4.65. The average Bonchev–Trinajstić information content (AvgIpc) is 2.62. The van der Waals surface area contributed by atoms with E-state index in [2.05, 4.69) is 20.9 Å². The molecule has 0 aliphatic carbocycles. The Kier molecular flexibility index (Phi) is 8.25. The lowest BCUT2D eigenvalue weighted by Gasteiger charge is -2.15. The summed E-state index contributed by atoms with van der Waals surface area (Å²) < 4.78 is 11.6. The summed E-state index contributed by atoms with van der Waals surface area (Å²) in [7, 11) is 0. The second-order valence-electron chi connectivity index (χ2n) is 6.83. The van der Waals surface area contributed by atoms with Crippen LogP contribution in [-0.4, -0.2) is 18.2 Å². The zero-order valence-electron chi connectivity index (χ0n) is 16.3. The van der Waals surface area contributed by atoms with Gasteiger partial charge in [-0.25, -0.2) is 0 Å². The van der Waals surface area contributed by atoms with E-state index in [4.69, 9.17) is 32.7 Å². The summed E-state index contributed by atoms with van der Waals surface area (Å²) in [5.74, 6) is -1.41. The Morgan fingerprint density at radius 2 is 1.62 bits per heavy atom. The van der Waals surface area contributed by atoms with E-state index in [9.17, 15) is 9.59 Å². The fourth-order valence-electron chi connectivity index (χ4n) is 2.04. The molecule has 0 unspecified atom stereocenters. The molecule has 8 heteroatoms. The Morgan fingerprint density at radius 1 is 1.00 bits per heavy atom. The highest BCUT2D eigenvalue weighted by Gasteiger charge is 2.21. The zero-order valence-corrected chi connectivity index (χ0v) is 19.4. The summed E-state index contributed by atoms with van der Waals surface area (Å²) in [6.07, 6.45) is 1.48. The monoisotopic (exact) mass is 499 g/mol. The predicted octanol–water partition coefficient (Wildman–Crippen LogP) is 6.63. The molecule has 5 nitrogen and oxygen atoms in total. The van der Waals surface area contributed by atoms with E-state index < -0.39 is 11.9 Å². The normalized spacial score (nSPS) is 11.3. The maximum Gasteiger partial charge on any atom is 0.313 e. The lowest BCUT2D eigenvalue weighted by Crippen LogP contribution is -2.19. The molecule has 0 aliphatic rings. The summed E-state index contributed by atoms with van der Waals surface area (Å²) in [5.41, 5.74) is 0.920. The van der Waals surface area contributed by atoms with Crippen molar-refractivity contribution in [3.05, 3.63) is 50.4 Å². The van der Waals surface area contributed by atoms with Crippen LogP contribution in [0.15, 0.2) is 39.8 Å². The standard InChI is InChI=1S/C21H20BrCl2NO4/c1-11(2)20(26)28-18-8-14(22)7-13(19(18)29-21(27)12(3)4)10-25-17-6-5-15(23)9-16(17)24/h5-12H,1-4H3. The van der Waals surface area contributed by atoms with Gasteiger partial charge in [-0.05, 0) is 30.3 Å². The van der Waals surface area contributed by atoms with Crippen LogP contribution in [0.1, 0.15) is 33.3 Å². The van der Waals surface area contributed by atoms with Crippen molar-refractivity contribution in [3.63, 3.8) is 0 Å². The molecule has 0 radical (unpaired) electrons. The SMILES string of the molecule is CC(C)C(=O)Oc1cc(Br)cc(C=Nc2ccc(Cl)cc2Cl)c1OC(=O)C(C)C. The molecule has 0 aromatic heterocycles. The number of benzene rings is 2. The fraction of sp³-hybridized carbons (Fsp3) is 0.286. The van der Waals surface area contributed by atoms with Crippen LogP contribution in [0.2, 0.25) is 10.0 Å². The Bertz CT molecular complexity index is 958. The van der Waals surface area contributed by atoms with Crippen LogP contribution in [0.25, 0.3) is 0 Å². The van der Waals surface area contributed by atoms with Crippen molar-refractivity contribution >= 4 is 63.0 Å². The van der Waals surface area contributed by atoms with Gasteiger partial charge in [0.15, 0.2) is 11.5 Å². The van der Waals surface area contributed by atoms with E-state index in [-0.39, 0.29) is 23.3 Å². The van der Waals surface area contributed by atoms with Crippen molar-refractivity contribution in [1.82, 2.24) is 0 Å². The van der Waals surface area contributed by atoms with Gasteiger partial charge in [-0.3, -0.25) is 14.6 Å². The number of nitrogens with zero attached hydrogens (tertiary/aromatic N) is 1. The molecule has 0 heterocycles. The highest BCUT2D eigenvalue weighted by molar-refractivity contribution is 9.10. The maximum atomic E-state index is 12.2. The first-order chi connectivity index (χ1) is 13.6. The van der Waals surface area contributed by atoms with E-state index in [0.29, 0.717) is 25.8 Å². The smallest absolute Gasteiger partial charge is 0.313 e. The molecule has 2 aromatic carbocycles. The molecule has 154 valence electrons. The second kappa shape index (κ2) is 10.2. The third kappa shape index (κ3) is 6.56. The van der Waals surface area contributed by atoms with Crippen LogP contribution >= 0.6 is 39.1 Å². The number of carbonyl (C=O) groups is 2. The Labute approximate surface area is 188 Å². The molecule has 0 spiro atoms. The largest absolute Gasteiger partial charge is 0.422 e. The van der Waals surface area contributed by atoms with Gasteiger partial charge in [-0.2, -0.15) is 0 Å². The number of ether oxygens (including phenoxy) is 2. The molecule has 0 fully saturated rings. The predicted molar refractivity (Wildman–Crippen MR) is 119 cm³/mol. The van der Waals surface area contributed by atoms with Gasteiger partial charge < -0.3 is 9.47 Å². The van der Waals surface area contributed by atoms with Gasteiger partial charge in [0.05, 0.1) is 22.5 Å². The number of rotatable bonds is 6. The molecule has 29 heavy (non-hydrogen) atoms. The van der Waals surface area contributed by atoms with Crippen molar-refractivity contribution in [3.8, 4) is 11.5 Å². The minimum absolute atomic E-state index is 0.106. The van der Waals surface area contributed by atoms with Gasteiger partial charge in [0, 0.05) is 21.3 Å². The lowest BCUT2D eigenvalue weighted by atomic mass is 10.1. The van der Waals surface area contributed by atoms with Crippen molar-refractivity contribution < 1.29 is 19.1 Å². The summed E-state index contributed by atoms with van der Waals surface area (Å²) >= 11 is 15.5. The number of hydrogen-bond acceptors (Lipinski definition) is 5. The van der Waals surface area contributed by atoms with Crippen molar-refractivity contribution in [2.24, 2.45) is 16.8 Å². The quantitative estimate of drug-likeness (QED) is 0.253. The van der Waals surface area contributed by atoms with E-state index in [1.165, 1.54) is 6.21 Å². The maximum absolute atomic E-state index is 12.2. The van der Waals surface area contributed by atoms with Gasteiger partial charge in [-0.1, -0.05) is 66.8 Å². The van der Waals surface area contributed by atoms with Crippen LogP contribution in [0.3, 0.4) is 0 Å². The van der Waals surface area contributed by atoms with Gasteiger partial charge in [0.25, 0.3) is 0 Å². The Morgan fingerprint density at radius 3 is 2.21 bits per heavy atom. The van der Waals surface area contributed by atoms with Gasteiger partial charge in [0.1, 0.15) is 0 Å². The first-order valence-electron chi connectivity index (χ1n) is 8.84. The van der Waals surface area contributed by atoms with E-state index in [1.807, 2.05) is 0 Å². The van der Waals surface area contributed by atoms with Crippen LogP contribution in [0.4, 0.5) is 5.69 Å².